The lowest BCUT2D eigenvalue weighted by Gasteiger charge is -2.16. The minimum Gasteiger partial charge on any atom is -0.346 e. The standard InChI is InChI=1S/C8H19NO3/c1-3-6(2)4-7(9)5-12-8(10)11/h6-8,10-11H,3-5,9H2,1-2H3/t6-,7+/m1/s1. The van der Waals surface area contributed by atoms with Crippen molar-refractivity contribution in [2.45, 2.75) is 39.2 Å². The minimum atomic E-state index is -1.70. The molecule has 12 heavy (non-hydrogen) atoms. The molecule has 0 fully saturated rings. The molecule has 0 saturated heterocycles. The van der Waals surface area contributed by atoms with E-state index in [2.05, 4.69) is 18.6 Å². The average Bonchev–Trinajstić information content (AvgIpc) is 2.00. The summed E-state index contributed by atoms with van der Waals surface area (Å²) in [7, 11) is 0. The summed E-state index contributed by atoms with van der Waals surface area (Å²) in [6, 6.07) is -0.109. The number of aliphatic hydroxyl groups is 2. The molecule has 0 unspecified atom stereocenters. The van der Waals surface area contributed by atoms with Crippen LogP contribution in [0, 0.1) is 5.92 Å². The van der Waals surface area contributed by atoms with Crippen LogP contribution in [-0.2, 0) is 4.74 Å². The second kappa shape index (κ2) is 6.37. The first kappa shape index (κ1) is 11.8. The zero-order valence-corrected chi connectivity index (χ0v) is 7.73. The molecule has 0 aliphatic heterocycles. The molecule has 0 saturated carbocycles. The van der Waals surface area contributed by atoms with Gasteiger partial charge in [0.05, 0.1) is 6.61 Å². The summed E-state index contributed by atoms with van der Waals surface area (Å²) in [5, 5.41) is 16.7. The van der Waals surface area contributed by atoms with E-state index < -0.39 is 6.48 Å². The zero-order valence-electron chi connectivity index (χ0n) is 7.73. The first-order valence-corrected chi connectivity index (χ1v) is 4.29. The molecule has 0 aromatic carbocycles. The van der Waals surface area contributed by atoms with Crippen LogP contribution in [-0.4, -0.2) is 29.3 Å². The third-order valence-electron chi connectivity index (χ3n) is 1.86. The fourth-order valence-corrected chi connectivity index (χ4v) is 0.961. The lowest BCUT2D eigenvalue weighted by molar-refractivity contribution is -0.235. The second-order valence-corrected chi connectivity index (χ2v) is 3.17. The monoisotopic (exact) mass is 177 g/mol. The van der Waals surface area contributed by atoms with Gasteiger partial charge in [0.1, 0.15) is 0 Å². The van der Waals surface area contributed by atoms with Gasteiger partial charge in [0, 0.05) is 6.04 Å². The summed E-state index contributed by atoms with van der Waals surface area (Å²) >= 11 is 0. The molecule has 0 radical (unpaired) electrons. The first-order chi connectivity index (χ1) is 5.56. The Morgan fingerprint density at radius 1 is 1.42 bits per heavy atom. The zero-order chi connectivity index (χ0) is 9.56. The van der Waals surface area contributed by atoms with Crippen LogP contribution in [0.1, 0.15) is 26.7 Å². The SMILES string of the molecule is CC[C@@H](C)C[C@H](N)COC(O)O. The summed E-state index contributed by atoms with van der Waals surface area (Å²) < 4.78 is 4.54. The van der Waals surface area contributed by atoms with Crippen LogP contribution in [0.3, 0.4) is 0 Å². The van der Waals surface area contributed by atoms with Crippen molar-refractivity contribution in [3.05, 3.63) is 0 Å². The lowest BCUT2D eigenvalue weighted by atomic mass is 10.0. The van der Waals surface area contributed by atoms with Crippen molar-refractivity contribution in [1.82, 2.24) is 0 Å². The van der Waals surface area contributed by atoms with E-state index in [9.17, 15) is 0 Å². The molecule has 4 nitrogen and oxygen atoms in total. The van der Waals surface area contributed by atoms with Gasteiger partial charge in [-0.2, -0.15) is 0 Å². The average molecular weight is 177 g/mol. The maximum Gasteiger partial charge on any atom is 0.266 e. The Kier molecular flexibility index (Phi) is 6.28. The normalized spacial score (nSPS) is 16.5. The molecule has 0 heterocycles. The Balaban J connectivity index is 3.39. The summed E-state index contributed by atoms with van der Waals surface area (Å²) in [5.74, 6) is 0.555. The summed E-state index contributed by atoms with van der Waals surface area (Å²) in [4.78, 5) is 0. The quantitative estimate of drug-likeness (QED) is 0.500. The second-order valence-electron chi connectivity index (χ2n) is 3.17. The number of ether oxygens (including phenoxy) is 1. The van der Waals surface area contributed by atoms with Gasteiger partial charge in [-0.05, 0) is 12.3 Å². The van der Waals surface area contributed by atoms with Crippen molar-refractivity contribution in [3.8, 4) is 0 Å². The highest BCUT2D eigenvalue weighted by molar-refractivity contribution is 4.63. The van der Waals surface area contributed by atoms with Gasteiger partial charge in [0.25, 0.3) is 6.48 Å². The molecular formula is C8H19NO3. The Morgan fingerprint density at radius 2 is 2.00 bits per heavy atom. The van der Waals surface area contributed by atoms with E-state index in [0.29, 0.717) is 5.92 Å². The van der Waals surface area contributed by atoms with Crippen molar-refractivity contribution in [2.75, 3.05) is 6.61 Å². The summed E-state index contributed by atoms with van der Waals surface area (Å²) in [5.41, 5.74) is 5.65. The van der Waals surface area contributed by atoms with Crippen LogP contribution in [0.25, 0.3) is 0 Å². The Labute approximate surface area is 73.3 Å². The van der Waals surface area contributed by atoms with Gasteiger partial charge in [-0.3, -0.25) is 0 Å². The lowest BCUT2D eigenvalue weighted by Crippen LogP contribution is -2.30. The van der Waals surface area contributed by atoms with Crippen LogP contribution < -0.4 is 5.73 Å². The van der Waals surface area contributed by atoms with Crippen molar-refractivity contribution >= 4 is 0 Å². The fraction of sp³-hybridized carbons (Fsp3) is 1.00. The van der Waals surface area contributed by atoms with E-state index in [-0.39, 0.29) is 12.6 Å². The third-order valence-corrected chi connectivity index (χ3v) is 1.86. The van der Waals surface area contributed by atoms with E-state index in [1.54, 1.807) is 0 Å². The van der Waals surface area contributed by atoms with E-state index in [0.717, 1.165) is 12.8 Å². The molecule has 0 bridgehead atoms. The van der Waals surface area contributed by atoms with E-state index in [1.807, 2.05) is 0 Å². The maximum absolute atomic E-state index is 8.37. The number of hydrogen-bond acceptors (Lipinski definition) is 4. The minimum absolute atomic E-state index is 0.109. The molecule has 0 aromatic heterocycles. The highest BCUT2D eigenvalue weighted by atomic mass is 16.7. The molecular weight excluding hydrogens is 158 g/mol. The number of hydrogen-bond donors (Lipinski definition) is 3. The number of rotatable bonds is 6. The molecule has 0 spiro atoms. The highest BCUT2D eigenvalue weighted by Gasteiger charge is 2.08. The largest absolute Gasteiger partial charge is 0.346 e. The van der Waals surface area contributed by atoms with Crippen LogP contribution >= 0.6 is 0 Å². The van der Waals surface area contributed by atoms with Crippen molar-refractivity contribution in [1.29, 1.82) is 0 Å². The molecule has 0 rings (SSSR count). The smallest absolute Gasteiger partial charge is 0.266 e. The predicted molar refractivity (Wildman–Crippen MR) is 46.2 cm³/mol. The van der Waals surface area contributed by atoms with E-state index in [4.69, 9.17) is 15.9 Å². The van der Waals surface area contributed by atoms with Gasteiger partial charge in [-0.15, -0.1) is 0 Å². The van der Waals surface area contributed by atoms with Crippen molar-refractivity contribution in [3.63, 3.8) is 0 Å². The van der Waals surface area contributed by atoms with E-state index >= 15 is 0 Å². The van der Waals surface area contributed by atoms with Crippen molar-refractivity contribution < 1.29 is 14.9 Å². The maximum atomic E-state index is 8.37. The van der Waals surface area contributed by atoms with Gasteiger partial charge in [-0.1, -0.05) is 20.3 Å². The topological polar surface area (TPSA) is 75.7 Å². The van der Waals surface area contributed by atoms with Crippen molar-refractivity contribution in [2.24, 2.45) is 11.7 Å². The number of nitrogens with two attached hydrogens (primary N) is 1. The predicted octanol–water partition coefficient (Wildman–Crippen LogP) is 0.0347. The summed E-state index contributed by atoms with van der Waals surface area (Å²) in [6.07, 6.45) is 1.93. The molecule has 4 N–H and O–H groups in total. The Morgan fingerprint density at radius 3 is 2.42 bits per heavy atom. The molecule has 0 aromatic rings. The van der Waals surface area contributed by atoms with Crippen LogP contribution in [0.2, 0.25) is 0 Å². The fourth-order valence-electron chi connectivity index (χ4n) is 0.961. The molecule has 0 aliphatic rings. The van der Waals surface area contributed by atoms with Crippen LogP contribution in [0.4, 0.5) is 0 Å². The van der Waals surface area contributed by atoms with Gasteiger partial charge in [0.15, 0.2) is 0 Å². The van der Waals surface area contributed by atoms with Gasteiger partial charge >= 0.3 is 0 Å². The van der Waals surface area contributed by atoms with Gasteiger partial charge in [-0.25, -0.2) is 0 Å². The Bertz CT molecular complexity index is 108. The van der Waals surface area contributed by atoms with Crippen LogP contribution in [0.15, 0.2) is 0 Å². The molecule has 0 aliphatic carbocycles. The molecule has 0 amide bonds. The Hall–Kier alpha value is -0.160. The van der Waals surface area contributed by atoms with Gasteiger partial charge < -0.3 is 20.7 Å². The van der Waals surface area contributed by atoms with E-state index in [1.165, 1.54) is 0 Å². The molecule has 74 valence electrons. The summed E-state index contributed by atoms with van der Waals surface area (Å²) in [6.45, 7) is 2.70. The third kappa shape index (κ3) is 6.54. The number of aliphatic hydroxyl groups excluding tert-OH is 1. The molecule has 4 heteroatoms. The highest BCUT2D eigenvalue weighted by Crippen LogP contribution is 2.08. The van der Waals surface area contributed by atoms with Gasteiger partial charge in [0.2, 0.25) is 0 Å². The molecule has 2 atom stereocenters. The van der Waals surface area contributed by atoms with Crippen LogP contribution in [0.5, 0.6) is 0 Å². The first-order valence-electron chi connectivity index (χ1n) is 4.29.